The van der Waals surface area contributed by atoms with E-state index in [4.69, 9.17) is 11.6 Å². The minimum absolute atomic E-state index is 0.0148. The summed E-state index contributed by atoms with van der Waals surface area (Å²) in [4.78, 5) is 21.0. The van der Waals surface area contributed by atoms with Crippen LogP contribution in [0.4, 0.5) is 14.5 Å². The second-order valence-electron chi connectivity index (χ2n) is 6.83. The fourth-order valence-electron chi connectivity index (χ4n) is 3.58. The van der Waals surface area contributed by atoms with Gasteiger partial charge in [0.2, 0.25) is 0 Å². The number of fused-ring (bicyclic) bond motifs is 1. The van der Waals surface area contributed by atoms with Crippen molar-refractivity contribution in [3.8, 4) is 0 Å². The molecule has 0 N–H and O–H groups in total. The summed E-state index contributed by atoms with van der Waals surface area (Å²) in [5.74, 6) is -2.53. The Morgan fingerprint density at radius 3 is 2.54 bits per heavy atom. The van der Waals surface area contributed by atoms with Crippen molar-refractivity contribution in [1.82, 2.24) is 9.88 Å². The Balaban J connectivity index is 1.54. The molecule has 4 rings (SSSR count). The van der Waals surface area contributed by atoms with E-state index < -0.39 is 11.6 Å². The van der Waals surface area contributed by atoms with E-state index in [0.717, 1.165) is 34.3 Å². The van der Waals surface area contributed by atoms with Gasteiger partial charge in [-0.3, -0.25) is 9.78 Å². The molecule has 3 aromatic rings. The molecule has 2 heterocycles. The van der Waals surface area contributed by atoms with Gasteiger partial charge < -0.3 is 9.80 Å². The Hall–Kier alpha value is -2.73. The highest BCUT2D eigenvalue weighted by Crippen LogP contribution is 2.29. The molecule has 1 fully saturated rings. The third-order valence-electron chi connectivity index (χ3n) is 5.10. The van der Waals surface area contributed by atoms with E-state index in [0.29, 0.717) is 26.2 Å². The van der Waals surface area contributed by atoms with Gasteiger partial charge in [-0.15, -0.1) is 0 Å². The maximum atomic E-state index is 13.5. The molecule has 0 saturated carbocycles. The third kappa shape index (κ3) is 3.29. The lowest BCUT2D eigenvalue weighted by Crippen LogP contribution is -2.49. The number of anilines is 1. The number of rotatable bonds is 2. The lowest BCUT2D eigenvalue weighted by molar-refractivity contribution is 0.0746. The number of carbonyl (C=O) groups excluding carboxylic acids is 1. The number of carbonyl (C=O) groups is 1. The van der Waals surface area contributed by atoms with Gasteiger partial charge in [-0.25, -0.2) is 8.78 Å². The largest absolute Gasteiger partial charge is 0.367 e. The number of amides is 1. The molecular weight excluding hydrogens is 384 g/mol. The first-order valence-corrected chi connectivity index (χ1v) is 9.36. The number of pyridine rings is 1. The number of nitrogens with zero attached hydrogens (tertiary/aromatic N) is 3. The molecule has 144 valence electrons. The molecule has 0 atom stereocenters. The maximum absolute atomic E-state index is 13.5. The number of aromatic nitrogens is 1. The zero-order chi connectivity index (χ0) is 19.8. The summed E-state index contributed by atoms with van der Waals surface area (Å²) in [6.45, 7) is 4.20. The number of hydrogen-bond acceptors (Lipinski definition) is 3. The van der Waals surface area contributed by atoms with Crippen LogP contribution in [0.3, 0.4) is 0 Å². The van der Waals surface area contributed by atoms with Crippen LogP contribution in [0, 0.1) is 18.6 Å². The van der Waals surface area contributed by atoms with Crippen LogP contribution in [0.2, 0.25) is 5.02 Å². The number of benzene rings is 2. The van der Waals surface area contributed by atoms with Gasteiger partial charge in [-0.2, -0.15) is 0 Å². The van der Waals surface area contributed by atoms with Crippen molar-refractivity contribution in [3.63, 3.8) is 0 Å². The van der Waals surface area contributed by atoms with E-state index in [1.54, 1.807) is 11.1 Å². The highest BCUT2D eigenvalue weighted by atomic mass is 35.5. The van der Waals surface area contributed by atoms with Crippen molar-refractivity contribution < 1.29 is 13.6 Å². The van der Waals surface area contributed by atoms with Crippen LogP contribution in [0.5, 0.6) is 0 Å². The second-order valence-corrected chi connectivity index (χ2v) is 7.23. The zero-order valence-corrected chi connectivity index (χ0v) is 16.0. The molecule has 0 bridgehead atoms. The minimum Gasteiger partial charge on any atom is -0.367 e. The normalized spacial score (nSPS) is 14.6. The van der Waals surface area contributed by atoms with Gasteiger partial charge in [0.05, 0.1) is 16.1 Å². The second kappa shape index (κ2) is 7.36. The highest BCUT2D eigenvalue weighted by Gasteiger charge is 2.25. The predicted molar refractivity (Wildman–Crippen MR) is 106 cm³/mol. The molecule has 7 heteroatoms. The monoisotopic (exact) mass is 401 g/mol. The number of piperazine rings is 1. The molecule has 0 spiro atoms. The standard InChI is InChI=1S/C21H18ClF2N3O/c1-13-4-5-19(14-3-2-6-25-20(13)14)26-7-9-27(10-8-26)21(28)15-11-17(23)18(24)12-16(15)22/h2-6,11-12H,7-10H2,1H3. The number of aryl methyl sites for hydroxylation is 1. The molecule has 1 aliphatic rings. The first-order chi connectivity index (χ1) is 13.5. The maximum Gasteiger partial charge on any atom is 0.255 e. The molecule has 0 aliphatic carbocycles. The van der Waals surface area contributed by atoms with Crippen LogP contribution in [0.1, 0.15) is 15.9 Å². The Morgan fingerprint density at radius 2 is 1.79 bits per heavy atom. The van der Waals surface area contributed by atoms with Crippen LogP contribution in [0.15, 0.2) is 42.6 Å². The van der Waals surface area contributed by atoms with E-state index in [1.165, 1.54) is 0 Å². The molecule has 4 nitrogen and oxygen atoms in total. The van der Waals surface area contributed by atoms with E-state index in [9.17, 15) is 13.6 Å². The average molecular weight is 402 g/mol. The van der Waals surface area contributed by atoms with Crippen molar-refractivity contribution in [3.05, 3.63) is 70.4 Å². The molecule has 0 unspecified atom stereocenters. The van der Waals surface area contributed by atoms with Crippen LogP contribution in [-0.2, 0) is 0 Å². The fraction of sp³-hybridized carbons (Fsp3) is 0.238. The molecule has 1 saturated heterocycles. The topological polar surface area (TPSA) is 36.4 Å². The Morgan fingerprint density at radius 1 is 1.07 bits per heavy atom. The number of hydrogen-bond donors (Lipinski definition) is 0. The van der Waals surface area contributed by atoms with Crippen molar-refractivity contribution >= 4 is 34.1 Å². The summed E-state index contributed by atoms with van der Waals surface area (Å²) in [5.41, 5.74) is 3.14. The summed E-state index contributed by atoms with van der Waals surface area (Å²) in [6.07, 6.45) is 1.78. The number of halogens is 3. The fourth-order valence-corrected chi connectivity index (χ4v) is 3.81. The quantitative estimate of drug-likeness (QED) is 0.596. The third-order valence-corrected chi connectivity index (χ3v) is 5.41. The minimum atomic E-state index is -1.08. The summed E-state index contributed by atoms with van der Waals surface area (Å²) in [6, 6.07) is 9.78. The van der Waals surface area contributed by atoms with E-state index in [2.05, 4.69) is 16.0 Å². The molecule has 1 amide bonds. The molecule has 28 heavy (non-hydrogen) atoms. The van der Waals surface area contributed by atoms with Crippen molar-refractivity contribution in [2.45, 2.75) is 6.92 Å². The van der Waals surface area contributed by atoms with Gasteiger partial charge in [0.15, 0.2) is 11.6 Å². The summed E-state index contributed by atoms with van der Waals surface area (Å²) in [5, 5.41) is 0.993. The van der Waals surface area contributed by atoms with Gasteiger partial charge in [0.1, 0.15) is 0 Å². The highest BCUT2D eigenvalue weighted by molar-refractivity contribution is 6.33. The SMILES string of the molecule is Cc1ccc(N2CCN(C(=O)c3cc(F)c(F)cc3Cl)CC2)c2cccnc12. The van der Waals surface area contributed by atoms with Crippen molar-refractivity contribution in [2.24, 2.45) is 0 Å². The van der Waals surface area contributed by atoms with E-state index in [1.807, 2.05) is 25.1 Å². The lowest BCUT2D eigenvalue weighted by Gasteiger charge is -2.36. The Labute approximate surface area is 166 Å². The first kappa shape index (κ1) is 18.6. The summed E-state index contributed by atoms with van der Waals surface area (Å²) < 4.78 is 26.8. The van der Waals surface area contributed by atoms with Crippen molar-refractivity contribution in [2.75, 3.05) is 31.1 Å². The van der Waals surface area contributed by atoms with E-state index in [-0.39, 0.29) is 16.5 Å². The van der Waals surface area contributed by atoms with Gasteiger partial charge in [-0.05, 0) is 42.8 Å². The first-order valence-electron chi connectivity index (χ1n) is 8.99. The van der Waals surface area contributed by atoms with Crippen LogP contribution < -0.4 is 4.90 Å². The lowest BCUT2D eigenvalue weighted by atomic mass is 10.1. The average Bonchev–Trinajstić information content (AvgIpc) is 2.71. The smallest absolute Gasteiger partial charge is 0.255 e. The summed E-state index contributed by atoms with van der Waals surface area (Å²) in [7, 11) is 0. The predicted octanol–water partition coefficient (Wildman–Crippen LogP) is 4.44. The van der Waals surface area contributed by atoms with Gasteiger partial charge in [0.25, 0.3) is 5.91 Å². The van der Waals surface area contributed by atoms with E-state index >= 15 is 0 Å². The van der Waals surface area contributed by atoms with Gasteiger partial charge >= 0.3 is 0 Å². The Bertz CT molecular complexity index is 1060. The Kier molecular flexibility index (Phi) is 4.89. The van der Waals surface area contributed by atoms with Crippen molar-refractivity contribution in [1.29, 1.82) is 0 Å². The van der Waals surface area contributed by atoms with Crippen LogP contribution in [-0.4, -0.2) is 42.0 Å². The zero-order valence-electron chi connectivity index (χ0n) is 15.3. The molecule has 1 aliphatic heterocycles. The van der Waals surface area contributed by atoms with Gasteiger partial charge in [0, 0.05) is 43.4 Å². The van der Waals surface area contributed by atoms with Crippen LogP contribution >= 0.6 is 11.6 Å². The summed E-state index contributed by atoms with van der Waals surface area (Å²) >= 11 is 5.95. The molecule has 2 aromatic carbocycles. The van der Waals surface area contributed by atoms with Crippen LogP contribution in [0.25, 0.3) is 10.9 Å². The molecule has 1 aromatic heterocycles. The molecule has 0 radical (unpaired) electrons. The van der Waals surface area contributed by atoms with Gasteiger partial charge in [-0.1, -0.05) is 17.7 Å². The molecular formula is C21H18ClF2N3O.